The van der Waals surface area contributed by atoms with Gasteiger partial charge >= 0.3 is 5.63 Å². The third-order valence-electron chi connectivity index (χ3n) is 1.89. The maximum Gasteiger partial charge on any atom is 0.336 e. The van der Waals surface area contributed by atoms with Crippen LogP contribution in [0.5, 0.6) is 0 Å². The van der Waals surface area contributed by atoms with Crippen LogP contribution >= 0.6 is 0 Å². The summed E-state index contributed by atoms with van der Waals surface area (Å²) in [6.07, 6.45) is 0. The highest BCUT2D eigenvalue weighted by Crippen LogP contribution is 2.15. The summed E-state index contributed by atoms with van der Waals surface area (Å²) in [4.78, 5) is 11.0. The molecule has 0 amide bonds. The molecular weight excluding hydrogens is 168 g/mol. The van der Waals surface area contributed by atoms with Crippen molar-refractivity contribution in [2.45, 2.75) is 6.61 Å². The lowest BCUT2D eigenvalue weighted by molar-refractivity contribution is 0.178. The van der Waals surface area contributed by atoms with Crippen LogP contribution in [-0.2, 0) is 11.7 Å². The van der Waals surface area contributed by atoms with E-state index in [1.54, 1.807) is 18.2 Å². The first-order chi connectivity index (χ1) is 6.31. The Balaban J connectivity index is 2.89. The van der Waals surface area contributed by atoms with Gasteiger partial charge in [-0.25, -0.2) is 9.90 Å². The Morgan fingerprint density at radius 1 is 1.23 bits per heavy atom. The Labute approximate surface area is 74.2 Å². The lowest BCUT2D eigenvalue weighted by Crippen LogP contribution is -1.99. The Morgan fingerprint density at radius 3 is 2.77 bits per heavy atom. The number of fused-ring (bicyclic) bond motifs is 1. The number of hydrogen-bond acceptors (Lipinski definition) is 2. The molecule has 2 aromatic rings. The molecule has 1 aromatic heterocycles. The summed E-state index contributed by atoms with van der Waals surface area (Å²) in [5.74, 6) is 0. The molecule has 0 aliphatic carbocycles. The third kappa shape index (κ3) is 1.34. The predicted octanol–water partition coefficient (Wildman–Crippen LogP) is 1.72. The first-order valence-corrected chi connectivity index (χ1v) is 3.91. The Hall–Kier alpha value is -1.61. The minimum atomic E-state index is -0.468. The first kappa shape index (κ1) is 8.01. The average Bonchev–Trinajstić information content (AvgIpc) is 2.16. The molecular formula is C10H7O3. The van der Waals surface area contributed by atoms with Crippen molar-refractivity contribution in [3.63, 3.8) is 0 Å². The Kier molecular flexibility index (Phi) is 1.87. The van der Waals surface area contributed by atoms with Gasteiger partial charge in [0.05, 0.1) is 0 Å². The van der Waals surface area contributed by atoms with Gasteiger partial charge in [0, 0.05) is 11.5 Å². The number of hydrogen-bond donors (Lipinski definition) is 0. The van der Waals surface area contributed by atoms with Gasteiger partial charge in [0.25, 0.3) is 0 Å². The molecule has 1 radical (unpaired) electrons. The summed E-state index contributed by atoms with van der Waals surface area (Å²) in [7, 11) is 0. The van der Waals surface area contributed by atoms with E-state index >= 15 is 0 Å². The van der Waals surface area contributed by atoms with E-state index < -0.39 is 12.2 Å². The average molecular weight is 175 g/mol. The molecule has 0 aliphatic rings. The number of para-hydroxylation sites is 1. The maximum atomic E-state index is 11.0. The van der Waals surface area contributed by atoms with Gasteiger partial charge in [-0.3, -0.25) is 0 Å². The van der Waals surface area contributed by atoms with Gasteiger partial charge in [-0.1, -0.05) is 18.2 Å². The lowest BCUT2D eigenvalue weighted by atomic mass is 10.1. The second kappa shape index (κ2) is 3.03. The van der Waals surface area contributed by atoms with E-state index in [-0.39, 0.29) is 0 Å². The molecule has 1 aromatic carbocycles. The van der Waals surface area contributed by atoms with Crippen molar-refractivity contribution in [3.05, 3.63) is 46.3 Å². The zero-order chi connectivity index (χ0) is 9.26. The molecule has 65 valence electrons. The molecule has 2 rings (SSSR count). The largest absolute Gasteiger partial charge is 0.423 e. The summed E-state index contributed by atoms with van der Waals surface area (Å²) in [6.45, 7) is -0.397. The monoisotopic (exact) mass is 175 g/mol. The molecule has 0 saturated heterocycles. The van der Waals surface area contributed by atoms with Crippen LogP contribution in [0.1, 0.15) is 5.56 Å². The molecule has 3 nitrogen and oxygen atoms in total. The van der Waals surface area contributed by atoms with E-state index in [0.717, 1.165) is 5.39 Å². The van der Waals surface area contributed by atoms with Crippen molar-refractivity contribution in [2.24, 2.45) is 0 Å². The normalized spacial score (nSPS) is 10.5. The molecule has 0 spiro atoms. The highest BCUT2D eigenvalue weighted by atomic mass is 16.4. The lowest BCUT2D eigenvalue weighted by Gasteiger charge is -1.99. The SMILES string of the molecule is [O]Cc1cc(=O)oc2ccccc12. The van der Waals surface area contributed by atoms with Crippen molar-refractivity contribution in [1.82, 2.24) is 0 Å². The Bertz CT molecular complexity index is 485. The molecule has 0 unspecified atom stereocenters. The fourth-order valence-electron chi connectivity index (χ4n) is 1.30. The molecule has 0 saturated carbocycles. The Morgan fingerprint density at radius 2 is 2.00 bits per heavy atom. The van der Waals surface area contributed by atoms with Crippen molar-refractivity contribution in [1.29, 1.82) is 0 Å². The fourth-order valence-corrected chi connectivity index (χ4v) is 1.30. The van der Waals surface area contributed by atoms with Crippen molar-refractivity contribution < 1.29 is 9.52 Å². The fraction of sp³-hybridized carbons (Fsp3) is 0.100. The number of rotatable bonds is 1. The highest BCUT2D eigenvalue weighted by molar-refractivity contribution is 5.79. The summed E-state index contributed by atoms with van der Waals surface area (Å²) in [5, 5.41) is 11.4. The molecule has 0 fully saturated rings. The van der Waals surface area contributed by atoms with Crippen LogP contribution < -0.4 is 5.63 Å². The molecule has 0 aliphatic heterocycles. The second-order valence-electron chi connectivity index (χ2n) is 2.73. The van der Waals surface area contributed by atoms with E-state index in [1.165, 1.54) is 6.07 Å². The van der Waals surface area contributed by atoms with Crippen LogP contribution in [0.2, 0.25) is 0 Å². The highest BCUT2D eigenvalue weighted by Gasteiger charge is 2.02. The second-order valence-corrected chi connectivity index (χ2v) is 2.73. The van der Waals surface area contributed by atoms with Gasteiger partial charge in [-0.2, -0.15) is 0 Å². The van der Waals surface area contributed by atoms with Crippen LogP contribution in [0, 0.1) is 0 Å². The minimum absolute atomic E-state index is 0.397. The quantitative estimate of drug-likeness (QED) is 0.619. The van der Waals surface area contributed by atoms with Crippen LogP contribution in [-0.4, -0.2) is 0 Å². The van der Waals surface area contributed by atoms with Crippen molar-refractivity contribution in [2.75, 3.05) is 0 Å². The van der Waals surface area contributed by atoms with Gasteiger partial charge in [-0.15, -0.1) is 0 Å². The van der Waals surface area contributed by atoms with E-state index in [1.807, 2.05) is 6.07 Å². The van der Waals surface area contributed by atoms with E-state index in [9.17, 15) is 9.90 Å². The summed E-state index contributed by atoms with van der Waals surface area (Å²) < 4.78 is 4.91. The van der Waals surface area contributed by atoms with E-state index in [2.05, 4.69) is 0 Å². The van der Waals surface area contributed by atoms with Crippen LogP contribution in [0.3, 0.4) is 0 Å². The van der Waals surface area contributed by atoms with Gasteiger partial charge in [0.15, 0.2) is 0 Å². The molecule has 0 N–H and O–H groups in total. The summed E-state index contributed by atoms with van der Waals surface area (Å²) >= 11 is 0. The maximum absolute atomic E-state index is 11.0. The van der Waals surface area contributed by atoms with E-state index in [0.29, 0.717) is 11.1 Å². The smallest absolute Gasteiger partial charge is 0.336 e. The summed E-state index contributed by atoms with van der Waals surface area (Å²) in [6, 6.07) is 8.26. The minimum Gasteiger partial charge on any atom is -0.423 e. The first-order valence-electron chi connectivity index (χ1n) is 3.91. The zero-order valence-electron chi connectivity index (χ0n) is 6.82. The molecule has 0 bridgehead atoms. The standard InChI is InChI=1S/C10H7O3/c11-6-7-5-10(12)13-9-4-2-1-3-8(7)9/h1-5H,6H2. The molecule has 3 heteroatoms. The van der Waals surface area contributed by atoms with Crippen molar-refractivity contribution in [3.8, 4) is 0 Å². The van der Waals surface area contributed by atoms with Crippen LogP contribution in [0.25, 0.3) is 11.0 Å². The van der Waals surface area contributed by atoms with Gasteiger partial charge in [0.1, 0.15) is 12.2 Å². The third-order valence-corrected chi connectivity index (χ3v) is 1.89. The molecule has 1 heterocycles. The molecule has 13 heavy (non-hydrogen) atoms. The predicted molar refractivity (Wildman–Crippen MR) is 46.9 cm³/mol. The van der Waals surface area contributed by atoms with Crippen LogP contribution in [0.15, 0.2) is 39.5 Å². The van der Waals surface area contributed by atoms with Crippen LogP contribution in [0.4, 0.5) is 0 Å². The number of benzene rings is 1. The van der Waals surface area contributed by atoms with Crippen molar-refractivity contribution >= 4 is 11.0 Å². The van der Waals surface area contributed by atoms with E-state index in [4.69, 9.17) is 4.42 Å². The molecule has 0 atom stereocenters. The zero-order valence-corrected chi connectivity index (χ0v) is 6.82. The van der Waals surface area contributed by atoms with Gasteiger partial charge in [0.2, 0.25) is 0 Å². The van der Waals surface area contributed by atoms with Gasteiger partial charge in [-0.05, 0) is 11.6 Å². The topological polar surface area (TPSA) is 50.1 Å². The van der Waals surface area contributed by atoms with Gasteiger partial charge < -0.3 is 4.42 Å². The summed E-state index contributed by atoms with van der Waals surface area (Å²) in [5.41, 5.74) is 0.497.